The highest BCUT2D eigenvalue weighted by Crippen LogP contribution is 2.31. The molecule has 2 aromatic rings. The average Bonchev–Trinajstić information content (AvgIpc) is 2.56. The fourth-order valence-electron chi connectivity index (χ4n) is 1.81. The third-order valence-corrected chi connectivity index (χ3v) is 3.89. The third kappa shape index (κ3) is 5.15. The molecule has 0 saturated carbocycles. The first kappa shape index (κ1) is 18.1. The van der Waals surface area contributed by atoms with Crippen LogP contribution in [0.3, 0.4) is 0 Å². The third-order valence-electron chi connectivity index (χ3n) is 3.09. The normalized spacial score (nSPS) is 10.7. The molecule has 0 aliphatic rings. The minimum atomic E-state index is -0.396. The van der Waals surface area contributed by atoms with Crippen LogP contribution in [0.5, 0.6) is 5.75 Å². The lowest BCUT2D eigenvalue weighted by atomic mass is 10.2. The highest BCUT2D eigenvalue weighted by molar-refractivity contribution is 6.42. The maximum Gasteiger partial charge on any atom is 0.277 e. The van der Waals surface area contributed by atoms with Gasteiger partial charge in [-0.25, -0.2) is 5.43 Å². The molecule has 0 saturated heterocycles. The Kier molecular flexibility index (Phi) is 6.46. The van der Waals surface area contributed by atoms with E-state index in [-0.39, 0.29) is 11.6 Å². The van der Waals surface area contributed by atoms with Gasteiger partial charge in [0.15, 0.2) is 6.61 Å². The van der Waals surface area contributed by atoms with Gasteiger partial charge in [-0.1, -0.05) is 41.4 Å². The molecule has 0 fully saturated rings. The molecule has 1 N–H and O–H groups in total. The molecular weight excluding hydrogens is 349 g/mol. The number of rotatable bonds is 6. The lowest BCUT2D eigenvalue weighted by Gasteiger charge is -2.11. The van der Waals surface area contributed by atoms with Crippen LogP contribution in [0.2, 0.25) is 10.0 Å². The number of benzene rings is 2. The summed E-state index contributed by atoms with van der Waals surface area (Å²) in [6, 6.07) is 12.7. The summed E-state index contributed by atoms with van der Waals surface area (Å²) in [5, 5.41) is 4.53. The number of hydrogen-bond donors (Lipinski definition) is 1. The van der Waals surface area contributed by atoms with E-state index in [0.29, 0.717) is 10.8 Å². The SMILES string of the molecule is CN(C)c1ccc(/C=N\NC(=O)COc2cccc(Cl)c2Cl)cc1. The molecular formula is C17H17Cl2N3O2. The largest absolute Gasteiger partial charge is 0.482 e. The summed E-state index contributed by atoms with van der Waals surface area (Å²) in [6.07, 6.45) is 1.56. The predicted molar refractivity (Wildman–Crippen MR) is 98.5 cm³/mol. The van der Waals surface area contributed by atoms with Gasteiger partial charge in [0.2, 0.25) is 0 Å². The van der Waals surface area contributed by atoms with Crippen LogP contribution in [0.15, 0.2) is 47.6 Å². The van der Waals surface area contributed by atoms with Gasteiger partial charge in [0, 0.05) is 19.8 Å². The van der Waals surface area contributed by atoms with E-state index >= 15 is 0 Å². The molecule has 0 aliphatic heterocycles. The van der Waals surface area contributed by atoms with E-state index in [2.05, 4.69) is 10.5 Å². The van der Waals surface area contributed by atoms with Gasteiger partial charge in [-0.3, -0.25) is 4.79 Å². The van der Waals surface area contributed by atoms with E-state index in [1.165, 1.54) is 0 Å². The van der Waals surface area contributed by atoms with Gasteiger partial charge in [-0.15, -0.1) is 0 Å². The maximum atomic E-state index is 11.7. The van der Waals surface area contributed by atoms with Crippen LogP contribution in [0.4, 0.5) is 5.69 Å². The smallest absolute Gasteiger partial charge is 0.277 e. The van der Waals surface area contributed by atoms with Crippen molar-refractivity contribution in [2.45, 2.75) is 0 Å². The van der Waals surface area contributed by atoms with Crippen LogP contribution in [0.1, 0.15) is 5.56 Å². The fourth-order valence-corrected chi connectivity index (χ4v) is 2.15. The summed E-state index contributed by atoms with van der Waals surface area (Å²) in [4.78, 5) is 13.7. The quantitative estimate of drug-likeness (QED) is 0.628. The van der Waals surface area contributed by atoms with E-state index in [1.54, 1.807) is 24.4 Å². The molecule has 24 heavy (non-hydrogen) atoms. The van der Waals surface area contributed by atoms with Crippen LogP contribution in [-0.4, -0.2) is 32.8 Å². The van der Waals surface area contributed by atoms with Crippen molar-refractivity contribution in [3.63, 3.8) is 0 Å². The average molecular weight is 366 g/mol. The van der Waals surface area contributed by atoms with E-state index in [0.717, 1.165) is 11.3 Å². The van der Waals surface area contributed by atoms with Gasteiger partial charge >= 0.3 is 0 Å². The number of halogens is 2. The Morgan fingerprint density at radius 2 is 1.92 bits per heavy atom. The molecule has 0 heterocycles. The van der Waals surface area contributed by atoms with Gasteiger partial charge in [0.25, 0.3) is 5.91 Å². The van der Waals surface area contributed by atoms with Crippen molar-refractivity contribution < 1.29 is 9.53 Å². The lowest BCUT2D eigenvalue weighted by molar-refractivity contribution is -0.123. The van der Waals surface area contributed by atoms with Crippen LogP contribution >= 0.6 is 23.2 Å². The topological polar surface area (TPSA) is 53.9 Å². The molecule has 7 heteroatoms. The minimum absolute atomic E-state index is 0.211. The van der Waals surface area contributed by atoms with Crippen molar-refractivity contribution in [2.24, 2.45) is 5.10 Å². The van der Waals surface area contributed by atoms with Crippen molar-refractivity contribution in [3.8, 4) is 5.75 Å². The lowest BCUT2D eigenvalue weighted by Crippen LogP contribution is -2.24. The highest BCUT2D eigenvalue weighted by Gasteiger charge is 2.07. The Labute approximate surface area is 150 Å². The Hall–Kier alpha value is -2.24. The molecule has 0 radical (unpaired) electrons. The summed E-state index contributed by atoms with van der Waals surface area (Å²) in [5.74, 6) is -0.0465. The molecule has 0 aliphatic carbocycles. The van der Waals surface area contributed by atoms with E-state index in [4.69, 9.17) is 27.9 Å². The van der Waals surface area contributed by atoms with Crippen LogP contribution < -0.4 is 15.1 Å². The molecule has 2 rings (SSSR count). The number of anilines is 1. The summed E-state index contributed by atoms with van der Waals surface area (Å²) >= 11 is 11.8. The summed E-state index contributed by atoms with van der Waals surface area (Å²) in [5.41, 5.74) is 4.35. The maximum absolute atomic E-state index is 11.7. The Morgan fingerprint density at radius 3 is 2.58 bits per heavy atom. The van der Waals surface area contributed by atoms with Gasteiger partial charge < -0.3 is 9.64 Å². The van der Waals surface area contributed by atoms with Crippen molar-refractivity contribution in [3.05, 3.63) is 58.1 Å². The Morgan fingerprint density at radius 1 is 1.21 bits per heavy atom. The molecule has 2 aromatic carbocycles. The van der Waals surface area contributed by atoms with Crippen LogP contribution in [0, 0.1) is 0 Å². The van der Waals surface area contributed by atoms with E-state index in [9.17, 15) is 4.79 Å². The monoisotopic (exact) mass is 365 g/mol. The number of nitrogens with one attached hydrogen (secondary N) is 1. The summed E-state index contributed by atoms with van der Waals surface area (Å²) in [7, 11) is 3.94. The number of hydrazone groups is 1. The first-order chi connectivity index (χ1) is 11.5. The minimum Gasteiger partial charge on any atom is -0.482 e. The van der Waals surface area contributed by atoms with Crippen LogP contribution in [-0.2, 0) is 4.79 Å². The van der Waals surface area contributed by atoms with Crippen LogP contribution in [0.25, 0.3) is 0 Å². The van der Waals surface area contributed by atoms with Crippen molar-refractivity contribution in [1.29, 1.82) is 0 Å². The molecule has 0 unspecified atom stereocenters. The number of carbonyl (C=O) groups is 1. The zero-order chi connectivity index (χ0) is 17.5. The predicted octanol–water partition coefficient (Wildman–Crippen LogP) is 3.59. The number of amides is 1. The second-order valence-corrected chi connectivity index (χ2v) is 5.90. The number of hydrogen-bond acceptors (Lipinski definition) is 4. The first-order valence-electron chi connectivity index (χ1n) is 7.13. The molecule has 126 valence electrons. The number of nitrogens with zero attached hydrogens (tertiary/aromatic N) is 2. The van der Waals surface area contributed by atoms with Gasteiger partial charge in [-0.05, 0) is 29.8 Å². The standard InChI is InChI=1S/C17H17Cl2N3O2/c1-22(2)13-8-6-12(7-9-13)10-20-21-16(23)11-24-15-5-3-4-14(18)17(15)19/h3-10H,11H2,1-2H3,(H,21,23)/b20-10-. The summed E-state index contributed by atoms with van der Waals surface area (Å²) < 4.78 is 5.32. The molecule has 0 atom stereocenters. The Bertz CT molecular complexity index is 731. The zero-order valence-corrected chi connectivity index (χ0v) is 14.8. The van der Waals surface area contributed by atoms with Crippen molar-refractivity contribution in [2.75, 3.05) is 25.6 Å². The first-order valence-corrected chi connectivity index (χ1v) is 7.89. The second kappa shape index (κ2) is 8.57. The van der Waals surface area contributed by atoms with E-state index in [1.807, 2.05) is 43.3 Å². The Balaban J connectivity index is 1.83. The molecule has 5 nitrogen and oxygen atoms in total. The van der Waals surface area contributed by atoms with Gasteiger partial charge in [0.1, 0.15) is 10.8 Å². The molecule has 0 spiro atoms. The fraction of sp³-hybridized carbons (Fsp3) is 0.176. The number of ether oxygens (including phenoxy) is 1. The van der Waals surface area contributed by atoms with Crippen molar-refractivity contribution >= 4 is 41.0 Å². The summed E-state index contributed by atoms with van der Waals surface area (Å²) in [6.45, 7) is -0.211. The zero-order valence-electron chi connectivity index (χ0n) is 13.3. The van der Waals surface area contributed by atoms with Gasteiger partial charge in [-0.2, -0.15) is 5.10 Å². The van der Waals surface area contributed by atoms with Crippen molar-refractivity contribution in [1.82, 2.24) is 5.43 Å². The number of carbonyl (C=O) groups excluding carboxylic acids is 1. The molecule has 0 aromatic heterocycles. The highest BCUT2D eigenvalue weighted by atomic mass is 35.5. The second-order valence-electron chi connectivity index (χ2n) is 5.12. The van der Waals surface area contributed by atoms with E-state index < -0.39 is 5.91 Å². The molecule has 0 bridgehead atoms. The molecule has 1 amide bonds. The van der Waals surface area contributed by atoms with Gasteiger partial charge in [0.05, 0.1) is 11.2 Å².